The molecule has 30 heavy (non-hydrogen) atoms. The first-order valence-corrected chi connectivity index (χ1v) is 11.6. The molecule has 0 saturated heterocycles. The first kappa shape index (κ1) is 22.5. The highest BCUT2D eigenvalue weighted by Crippen LogP contribution is 2.36. The van der Waals surface area contributed by atoms with Gasteiger partial charge in [-0.05, 0) is 79.0 Å². The highest BCUT2D eigenvalue weighted by molar-refractivity contribution is 5.91. The zero-order valence-electron chi connectivity index (χ0n) is 18.4. The number of rotatable bonds is 9. The lowest BCUT2D eigenvalue weighted by Gasteiger charge is -2.32. The molecular formula is C27H35FO2. The molecule has 0 spiro atoms. The van der Waals surface area contributed by atoms with Crippen molar-refractivity contribution in [1.82, 2.24) is 0 Å². The van der Waals surface area contributed by atoms with Gasteiger partial charge in [0.05, 0.1) is 5.56 Å². The number of esters is 1. The van der Waals surface area contributed by atoms with Gasteiger partial charge < -0.3 is 4.74 Å². The zero-order valence-corrected chi connectivity index (χ0v) is 18.4. The largest absolute Gasteiger partial charge is 0.423 e. The monoisotopic (exact) mass is 410 g/mol. The summed E-state index contributed by atoms with van der Waals surface area (Å²) in [6, 6.07) is 13.2. The molecule has 2 aromatic rings. The van der Waals surface area contributed by atoms with Crippen LogP contribution in [0.4, 0.5) is 4.39 Å². The molecular weight excluding hydrogens is 375 g/mol. The molecule has 162 valence electrons. The molecule has 1 fully saturated rings. The third-order valence-electron chi connectivity index (χ3n) is 6.68. The summed E-state index contributed by atoms with van der Waals surface area (Å²) >= 11 is 0. The average Bonchev–Trinajstić information content (AvgIpc) is 2.76. The number of unbranched alkanes of at least 4 members (excludes halogenated alkanes) is 2. The van der Waals surface area contributed by atoms with Gasteiger partial charge in [0.1, 0.15) is 11.6 Å². The van der Waals surface area contributed by atoms with E-state index in [0.29, 0.717) is 17.2 Å². The number of hydrogen-bond donors (Lipinski definition) is 0. The van der Waals surface area contributed by atoms with E-state index < -0.39 is 5.97 Å². The smallest absolute Gasteiger partial charge is 0.343 e. The van der Waals surface area contributed by atoms with Gasteiger partial charge in [0, 0.05) is 0 Å². The summed E-state index contributed by atoms with van der Waals surface area (Å²) in [5, 5.41) is 0. The van der Waals surface area contributed by atoms with Crippen molar-refractivity contribution in [2.45, 2.75) is 71.6 Å². The Bertz CT molecular complexity index is 774. The Kier molecular flexibility index (Phi) is 8.48. The molecule has 0 N–H and O–H groups in total. The van der Waals surface area contributed by atoms with Gasteiger partial charge in [0.15, 0.2) is 0 Å². The summed E-state index contributed by atoms with van der Waals surface area (Å²) < 4.78 is 18.3. The van der Waals surface area contributed by atoms with E-state index in [4.69, 9.17) is 4.74 Å². The minimum Gasteiger partial charge on any atom is -0.423 e. The Labute approximate surface area is 180 Å². The SMILES string of the molecule is CCCCCC1CCC(C(C)Cc2ccc(C(=O)Oc3ccc(F)cc3)cc2)CC1. The Morgan fingerprint density at radius 3 is 2.30 bits per heavy atom. The van der Waals surface area contributed by atoms with E-state index in [2.05, 4.69) is 13.8 Å². The van der Waals surface area contributed by atoms with E-state index in [1.165, 1.54) is 81.2 Å². The summed E-state index contributed by atoms with van der Waals surface area (Å²) in [7, 11) is 0. The maximum atomic E-state index is 13.0. The minimum atomic E-state index is -0.414. The number of hydrogen-bond acceptors (Lipinski definition) is 2. The Morgan fingerprint density at radius 2 is 1.67 bits per heavy atom. The van der Waals surface area contributed by atoms with Crippen molar-refractivity contribution >= 4 is 5.97 Å². The maximum absolute atomic E-state index is 13.0. The molecule has 3 heteroatoms. The lowest BCUT2D eigenvalue weighted by Crippen LogP contribution is -2.21. The third-order valence-corrected chi connectivity index (χ3v) is 6.68. The lowest BCUT2D eigenvalue weighted by molar-refractivity contribution is 0.0734. The summed E-state index contributed by atoms with van der Waals surface area (Å²) in [6.45, 7) is 4.65. The predicted molar refractivity (Wildman–Crippen MR) is 120 cm³/mol. The standard InChI is InChI=1S/C27H35FO2/c1-3-4-5-6-21-7-11-23(12-8-21)20(2)19-22-9-13-24(14-10-22)27(29)30-26-17-15-25(28)16-18-26/h9-10,13-18,20-21,23H,3-8,11-12,19H2,1-2H3. The fourth-order valence-corrected chi connectivity index (χ4v) is 4.71. The average molecular weight is 411 g/mol. The van der Waals surface area contributed by atoms with Gasteiger partial charge in [0.2, 0.25) is 0 Å². The van der Waals surface area contributed by atoms with Crippen LogP contribution in [0.2, 0.25) is 0 Å². The van der Waals surface area contributed by atoms with Crippen LogP contribution in [-0.2, 0) is 6.42 Å². The Hall–Kier alpha value is -2.16. The molecule has 2 aromatic carbocycles. The van der Waals surface area contributed by atoms with Gasteiger partial charge in [-0.3, -0.25) is 0 Å². The van der Waals surface area contributed by atoms with Crippen LogP contribution in [0.3, 0.4) is 0 Å². The molecule has 0 bridgehead atoms. The fourth-order valence-electron chi connectivity index (χ4n) is 4.71. The van der Waals surface area contributed by atoms with E-state index in [0.717, 1.165) is 18.3 Å². The second-order valence-electron chi connectivity index (χ2n) is 9.00. The molecule has 1 aliphatic rings. The van der Waals surface area contributed by atoms with Gasteiger partial charge in [-0.15, -0.1) is 0 Å². The summed E-state index contributed by atoms with van der Waals surface area (Å²) in [6.07, 6.45) is 12.1. The number of carbonyl (C=O) groups excluding carboxylic acids is 1. The number of benzene rings is 2. The third kappa shape index (κ3) is 6.68. The number of ether oxygens (including phenoxy) is 1. The highest BCUT2D eigenvalue weighted by atomic mass is 19.1. The molecule has 0 aromatic heterocycles. The summed E-state index contributed by atoms with van der Waals surface area (Å²) in [5.74, 6) is 2.02. The normalized spacial score (nSPS) is 20.0. The van der Waals surface area contributed by atoms with Crippen LogP contribution in [0.5, 0.6) is 5.75 Å². The molecule has 3 rings (SSSR count). The molecule has 0 aliphatic heterocycles. The van der Waals surface area contributed by atoms with Crippen molar-refractivity contribution in [1.29, 1.82) is 0 Å². The van der Waals surface area contributed by atoms with E-state index in [9.17, 15) is 9.18 Å². The van der Waals surface area contributed by atoms with Crippen molar-refractivity contribution in [3.8, 4) is 5.75 Å². The van der Waals surface area contributed by atoms with Crippen LogP contribution in [0.1, 0.15) is 81.1 Å². The summed E-state index contributed by atoms with van der Waals surface area (Å²) in [5.41, 5.74) is 1.79. The van der Waals surface area contributed by atoms with Gasteiger partial charge >= 0.3 is 5.97 Å². The first-order chi connectivity index (χ1) is 14.5. The van der Waals surface area contributed by atoms with Gasteiger partial charge in [0.25, 0.3) is 0 Å². The number of carbonyl (C=O) groups is 1. The van der Waals surface area contributed by atoms with Crippen molar-refractivity contribution in [3.05, 3.63) is 65.5 Å². The summed E-state index contributed by atoms with van der Waals surface area (Å²) in [4.78, 5) is 12.3. The molecule has 2 nitrogen and oxygen atoms in total. The van der Waals surface area contributed by atoms with Crippen LogP contribution in [0.25, 0.3) is 0 Å². The van der Waals surface area contributed by atoms with Gasteiger partial charge in [-0.25, -0.2) is 9.18 Å². The van der Waals surface area contributed by atoms with Crippen molar-refractivity contribution in [2.75, 3.05) is 0 Å². The van der Waals surface area contributed by atoms with Crippen LogP contribution < -0.4 is 4.74 Å². The molecule has 0 amide bonds. The van der Waals surface area contributed by atoms with E-state index in [-0.39, 0.29) is 5.82 Å². The second-order valence-corrected chi connectivity index (χ2v) is 9.00. The molecule has 1 saturated carbocycles. The quantitative estimate of drug-likeness (QED) is 0.241. The molecule has 0 heterocycles. The van der Waals surface area contributed by atoms with Gasteiger partial charge in [-0.1, -0.05) is 64.5 Å². The van der Waals surface area contributed by atoms with Gasteiger partial charge in [-0.2, -0.15) is 0 Å². The topological polar surface area (TPSA) is 26.3 Å². The Balaban J connectivity index is 1.46. The molecule has 1 unspecified atom stereocenters. The van der Waals surface area contributed by atoms with Crippen molar-refractivity contribution in [2.24, 2.45) is 17.8 Å². The fraction of sp³-hybridized carbons (Fsp3) is 0.519. The van der Waals surface area contributed by atoms with E-state index >= 15 is 0 Å². The number of halogens is 1. The van der Waals surface area contributed by atoms with Crippen LogP contribution in [0, 0.1) is 23.6 Å². The van der Waals surface area contributed by atoms with Crippen LogP contribution in [0.15, 0.2) is 48.5 Å². The molecule has 0 radical (unpaired) electrons. The second kappa shape index (κ2) is 11.3. The van der Waals surface area contributed by atoms with Crippen LogP contribution >= 0.6 is 0 Å². The maximum Gasteiger partial charge on any atom is 0.343 e. The first-order valence-electron chi connectivity index (χ1n) is 11.6. The Morgan fingerprint density at radius 1 is 1.00 bits per heavy atom. The van der Waals surface area contributed by atoms with Crippen molar-refractivity contribution < 1.29 is 13.9 Å². The van der Waals surface area contributed by atoms with Crippen LogP contribution in [-0.4, -0.2) is 5.97 Å². The lowest BCUT2D eigenvalue weighted by atomic mass is 9.73. The van der Waals surface area contributed by atoms with E-state index in [1.54, 1.807) is 0 Å². The minimum absolute atomic E-state index is 0.349. The predicted octanol–water partition coefficient (Wildman–Crippen LogP) is 7.61. The zero-order chi connectivity index (χ0) is 21.3. The molecule has 1 aliphatic carbocycles. The highest BCUT2D eigenvalue weighted by Gasteiger charge is 2.25. The molecule has 1 atom stereocenters. The van der Waals surface area contributed by atoms with E-state index in [1.807, 2.05) is 24.3 Å². The van der Waals surface area contributed by atoms with Crippen molar-refractivity contribution in [3.63, 3.8) is 0 Å².